The Morgan fingerprint density at radius 1 is 1.31 bits per heavy atom. The van der Waals surface area contributed by atoms with Crippen molar-refractivity contribution in [1.82, 2.24) is 10.4 Å². The van der Waals surface area contributed by atoms with E-state index in [9.17, 15) is 14.8 Å². The Morgan fingerprint density at radius 3 is 2.56 bits per heavy atom. The first-order valence-electron chi connectivity index (χ1n) is 5.45. The number of nitrogens with zero attached hydrogens (tertiary/aromatic N) is 1. The van der Waals surface area contributed by atoms with Crippen LogP contribution in [0.15, 0.2) is 12.2 Å². The largest absolute Gasteiger partial charge is 0.359 e. The molecule has 16 heavy (non-hydrogen) atoms. The van der Waals surface area contributed by atoms with Gasteiger partial charge in [0, 0.05) is 26.1 Å². The average molecular weight is 228 g/mol. The van der Waals surface area contributed by atoms with Crippen LogP contribution in [0.4, 0.5) is 0 Å². The van der Waals surface area contributed by atoms with Crippen LogP contribution in [0.25, 0.3) is 0 Å². The molecule has 0 bridgehead atoms. The van der Waals surface area contributed by atoms with Crippen molar-refractivity contribution in [2.45, 2.75) is 32.6 Å². The van der Waals surface area contributed by atoms with Gasteiger partial charge < -0.3 is 5.32 Å². The average Bonchev–Trinajstić information content (AvgIpc) is 2.28. The lowest BCUT2D eigenvalue weighted by atomic mass is 10.2. The van der Waals surface area contributed by atoms with Gasteiger partial charge in [-0.3, -0.25) is 14.8 Å². The minimum atomic E-state index is -0.409. The summed E-state index contributed by atoms with van der Waals surface area (Å²) in [4.78, 5) is 22.0. The van der Waals surface area contributed by atoms with Crippen LogP contribution in [0.2, 0.25) is 0 Å². The molecule has 0 rings (SSSR count). The van der Waals surface area contributed by atoms with Crippen LogP contribution in [0.1, 0.15) is 32.6 Å². The first-order chi connectivity index (χ1) is 7.61. The third-order valence-electron chi connectivity index (χ3n) is 2.12. The van der Waals surface area contributed by atoms with Crippen molar-refractivity contribution in [2.24, 2.45) is 0 Å². The van der Waals surface area contributed by atoms with Crippen molar-refractivity contribution in [3.8, 4) is 0 Å². The topological polar surface area (TPSA) is 69.6 Å². The zero-order valence-electron chi connectivity index (χ0n) is 9.90. The van der Waals surface area contributed by atoms with Gasteiger partial charge in [0.25, 0.3) is 5.91 Å². The molecule has 0 spiro atoms. The summed E-state index contributed by atoms with van der Waals surface area (Å²) >= 11 is 0. The fourth-order valence-corrected chi connectivity index (χ4v) is 1.19. The van der Waals surface area contributed by atoms with Gasteiger partial charge in [-0.25, -0.2) is 5.06 Å². The van der Waals surface area contributed by atoms with Crippen LogP contribution in [-0.4, -0.2) is 35.7 Å². The molecular weight excluding hydrogens is 208 g/mol. The highest BCUT2D eigenvalue weighted by Crippen LogP contribution is 2.01. The van der Waals surface area contributed by atoms with Gasteiger partial charge in [-0.1, -0.05) is 12.5 Å². The molecule has 92 valence electrons. The Labute approximate surface area is 96.1 Å². The highest BCUT2D eigenvalue weighted by Gasteiger charge is 2.05. The van der Waals surface area contributed by atoms with Crippen molar-refractivity contribution in [2.75, 3.05) is 13.6 Å². The van der Waals surface area contributed by atoms with E-state index in [1.54, 1.807) is 20.0 Å². The van der Waals surface area contributed by atoms with E-state index in [1.807, 2.05) is 0 Å². The molecule has 0 aliphatic heterocycles. The van der Waals surface area contributed by atoms with E-state index in [1.165, 1.54) is 6.08 Å². The van der Waals surface area contributed by atoms with Crippen LogP contribution in [0, 0.1) is 0 Å². The molecule has 0 aliphatic rings. The lowest BCUT2D eigenvalue weighted by molar-refractivity contribution is -0.159. The number of carbonyl (C=O) groups is 2. The highest BCUT2D eigenvalue weighted by molar-refractivity contribution is 5.86. The molecule has 0 atom stereocenters. The first-order valence-corrected chi connectivity index (χ1v) is 5.45. The van der Waals surface area contributed by atoms with Gasteiger partial charge in [-0.15, -0.1) is 0 Å². The summed E-state index contributed by atoms with van der Waals surface area (Å²) in [5, 5.41) is 12.5. The summed E-state index contributed by atoms with van der Waals surface area (Å²) in [6.45, 7) is 2.02. The van der Waals surface area contributed by atoms with Gasteiger partial charge in [0.15, 0.2) is 0 Å². The number of hydroxylamine groups is 2. The predicted octanol–water partition coefficient (Wildman–Crippen LogP) is 1.09. The van der Waals surface area contributed by atoms with E-state index in [0.717, 1.165) is 12.8 Å². The molecule has 0 aromatic rings. The van der Waals surface area contributed by atoms with Gasteiger partial charge in [0.2, 0.25) is 5.91 Å². The summed E-state index contributed by atoms with van der Waals surface area (Å²) in [5.41, 5.74) is 0. The van der Waals surface area contributed by atoms with Crippen LogP contribution in [-0.2, 0) is 9.59 Å². The summed E-state index contributed by atoms with van der Waals surface area (Å²) in [6.07, 6.45) is 5.65. The molecule has 5 heteroatoms. The number of hydrogen-bond acceptors (Lipinski definition) is 3. The lowest BCUT2D eigenvalue weighted by Gasteiger charge is -2.12. The van der Waals surface area contributed by atoms with Crippen molar-refractivity contribution >= 4 is 11.8 Å². The third kappa shape index (κ3) is 7.00. The van der Waals surface area contributed by atoms with Crippen LogP contribution >= 0.6 is 0 Å². The summed E-state index contributed by atoms with van der Waals surface area (Å²) in [5.74, 6) is -0.389. The van der Waals surface area contributed by atoms with E-state index in [0.29, 0.717) is 24.4 Å². The zero-order valence-corrected chi connectivity index (χ0v) is 9.90. The summed E-state index contributed by atoms with van der Waals surface area (Å²) < 4.78 is 0. The zero-order chi connectivity index (χ0) is 12.4. The second-order valence-corrected chi connectivity index (χ2v) is 3.45. The van der Waals surface area contributed by atoms with E-state index in [2.05, 4.69) is 5.32 Å². The predicted molar refractivity (Wildman–Crippen MR) is 60.8 cm³/mol. The number of nitrogens with one attached hydrogen (secondary N) is 1. The van der Waals surface area contributed by atoms with Crippen LogP contribution in [0.5, 0.6) is 0 Å². The van der Waals surface area contributed by atoms with Crippen molar-refractivity contribution in [1.29, 1.82) is 0 Å². The second-order valence-electron chi connectivity index (χ2n) is 3.45. The highest BCUT2D eigenvalue weighted by atomic mass is 16.5. The maximum Gasteiger partial charge on any atom is 0.269 e. The SMILES string of the molecule is C/C=C\C(=O)N(O)CCCCCC(=O)NC. The van der Waals surface area contributed by atoms with Crippen molar-refractivity contribution in [3.05, 3.63) is 12.2 Å². The molecule has 0 radical (unpaired) electrons. The Balaban J connectivity index is 3.51. The maximum atomic E-state index is 11.1. The summed E-state index contributed by atoms with van der Waals surface area (Å²) in [7, 11) is 1.60. The van der Waals surface area contributed by atoms with Gasteiger partial charge in [0.05, 0.1) is 0 Å². The Kier molecular flexibility index (Phi) is 8.15. The number of unbranched alkanes of at least 4 members (excludes halogenated alkanes) is 2. The third-order valence-corrected chi connectivity index (χ3v) is 2.12. The number of carbonyl (C=O) groups excluding carboxylic acids is 2. The molecular formula is C11H20N2O3. The Morgan fingerprint density at radius 2 is 2.00 bits per heavy atom. The van der Waals surface area contributed by atoms with E-state index >= 15 is 0 Å². The quantitative estimate of drug-likeness (QED) is 0.296. The normalized spacial score (nSPS) is 10.4. The van der Waals surface area contributed by atoms with Crippen LogP contribution < -0.4 is 5.32 Å². The smallest absolute Gasteiger partial charge is 0.269 e. The lowest BCUT2D eigenvalue weighted by Crippen LogP contribution is -2.26. The minimum absolute atomic E-state index is 0.0193. The van der Waals surface area contributed by atoms with Gasteiger partial charge >= 0.3 is 0 Å². The number of rotatable bonds is 7. The molecule has 0 saturated carbocycles. The molecule has 0 aliphatic carbocycles. The Bertz CT molecular complexity index is 252. The van der Waals surface area contributed by atoms with Crippen molar-refractivity contribution in [3.63, 3.8) is 0 Å². The second kappa shape index (κ2) is 8.91. The number of allylic oxidation sites excluding steroid dienone is 1. The fraction of sp³-hybridized carbons (Fsp3) is 0.636. The van der Waals surface area contributed by atoms with Crippen molar-refractivity contribution < 1.29 is 14.8 Å². The fourth-order valence-electron chi connectivity index (χ4n) is 1.19. The number of hydrogen-bond donors (Lipinski definition) is 2. The molecule has 2 amide bonds. The maximum absolute atomic E-state index is 11.1. The molecule has 0 unspecified atom stereocenters. The van der Waals surface area contributed by atoms with E-state index in [4.69, 9.17) is 0 Å². The van der Waals surface area contributed by atoms with Gasteiger partial charge in [-0.05, 0) is 19.8 Å². The van der Waals surface area contributed by atoms with E-state index in [-0.39, 0.29) is 5.91 Å². The van der Waals surface area contributed by atoms with Gasteiger partial charge in [-0.2, -0.15) is 0 Å². The molecule has 5 nitrogen and oxygen atoms in total. The molecule has 0 aromatic heterocycles. The standard InChI is InChI=1S/C11H20N2O3/c1-3-7-11(15)13(16)9-6-4-5-8-10(14)12-2/h3,7,16H,4-6,8-9H2,1-2H3,(H,12,14)/b7-3-. The molecule has 0 saturated heterocycles. The molecule has 0 heterocycles. The Hall–Kier alpha value is -1.36. The molecule has 0 fully saturated rings. The molecule has 2 N–H and O–H groups in total. The molecule has 0 aromatic carbocycles. The summed E-state index contributed by atoms with van der Waals surface area (Å²) in [6, 6.07) is 0. The van der Waals surface area contributed by atoms with Gasteiger partial charge in [0.1, 0.15) is 0 Å². The van der Waals surface area contributed by atoms with E-state index < -0.39 is 5.91 Å². The minimum Gasteiger partial charge on any atom is -0.359 e. The number of amides is 2. The first kappa shape index (κ1) is 14.6. The monoisotopic (exact) mass is 228 g/mol. The van der Waals surface area contributed by atoms with Crippen LogP contribution in [0.3, 0.4) is 0 Å².